The predicted molar refractivity (Wildman–Crippen MR) is 103 cm³/mol. The summed E-state index contributed by atoms with van der Waals surface area (Å²) in [4.78, 5) is 16.2. The topological polar surface area (TPSA) is 118 Å². The van der Waals surface area contributed by atoms with E-state index in [-0.39, 0.29) is 18.1 Å². The number of fused-ring (bicyclic) bond motifs is 1. The van der Waals surface area contributed by atoms with Crippen LogP contribution in [0.5, 0.6) is 0 Å². The highest BCUT2D eigenvalue weighted by Crippen LogP contribution is 2.26. The molecule has 2 aromatic heterocycles. The number of H-pyrrole nitrogens is 2. The molecule has 9 heteroatoms. The molecule has 0 bridgehead atoms. The number of hydrogen-bond acceptors (Lipinski definition) is 6. The van der Waals surface area contributed by atoms with Crippen molar-refractivity contribution in [2.45, 2.75) is 37.8 Å². The van der Waals surface area contributed by atoms with Crippen LogP contribution in [0.2, 0.25) is 0 Å². The molecule has 1 amide bonds. The Balaban J connectivity index is 1.44. The lowest BCUT2D eigenvalue weighted by atomic mass is 9.92. The van der Waals surface area contributed by atoms with Crippen LogP contribution in [0, 0.1) is 0 Å². The fourth-order valence-electron chi connectivity index (χ4n) is 3.70. The van der Waals surface area contributed by atoms with Gasteiger partial charge in [0.2, 0.25) is 0 Å². The maximum atomic E-state index is 13.0. The Morgan fingerprint density at radius 2 is 2.11 bits per heavy atom. The van der Waals surface area contributed by atoms with Gasteiger partial charge in [-0.3, -0.25) is 4.79 Å². The van der Waals surface area contributed by atoms with E-state index in [0.29, 0.717) is 24.6 Å². The molecule has 1 fully saturated rings. The minimum atomic E-state index is -0.0921. The number of amides is 1. The van der Waals surface area contributed by atoms with Gasteiger partial charge in [-0.1, -0.05) is 0 Å². The van der Waals surface area contributed by atoms with Crippen LogP contribution in [0.25, 0.3) is 22.3 Å². The van der Waals surface area contributed by atoms with Gasteiger partial charge in [0.15, 0.2) is 5.82 Å². The molecule has 3 aromatic rings. The number of carbonyl (C=O) groups excluding carboxylic acids is 1. The molecule has 148 valence electrons. The highest BCUT2D eigenvalue weighted by Gasteiger charge is 2.24. The third-order valence-electron chi connectivity index (χ3n) is 5.17. The molecule has 0 spiro atoms. The summed E-state index contributed by atoms with van der Waals surface area (Å²) in [5, 5.41) is 18.1. The van der Waals surface area contributed by atoms with Gasteiger partial charge in [-0.25, -0.2) is 5.10 Å². The van der Waals surface area contributed by atoms with Gasteiger partial charge < -0.3 is 19.8 Å². The average molecular weight is 384 g/mol. The monoisotopic (exact) mass is 384 g/mol. The molecule has 0 saturated heterocycles. The van der Waals surface area contributed by atoms with Crippen LogP contribution in [0.4, 0.5) is 0 Å². The van der Waals surface area contributed by atoms with Crippen LogP contribution in [0.3, 0.4) is 0 Å². The number of nitrogens with zero attached hydrogens (tertiary/aromatic N) is 3. The first-order valence-electron chi connectivity index (χ1n) is 9.51. The van der Waals surface area contributed by atoms with Gasteiger partial charge in [-0.05, 0) is 54.3 Å². The molecule has 1 aliphatic rings. The second-order valence-corrected chi connectivity index (χ2v) is 7.03. The fraction of sp³-hybridized carbons (Fsp3) is 0.474. The molecular weight excluding hydrogens is 360 g/mol. The number of aromatic nitrogens is 5. The van der Waals surface area contributed by atoms with Crippen LogP contribution in [0.15, 0.2) is 24.4 Å². The van der Waals surface area contributed by atoms with Crippen molar-refractivity contribution in [3.63, 3.8) is 0 Å². The molecule has 28 heavy (non-hydrogen) atoms. The lowest BCUT2D eigenvalue weighted by molar-refractivity contribution is -0.00408. The van der Waals surface area contributed by atoms with Gasteiger partial charge in [0.25, 0.3) is 5.91 Å². The highest BCUT2D eigenvalue weighted by molar-refractivity contribution is 6.07. The van der Waals surface area contributed by atoms with Crippen molar-refractivity contribution in [2.75, 3.05) is 20.3 Å². The summed E-state index contributed by atoms with van der Waals surface area (Å²) in [6.07, 6.45) is 5.77. The predicted octanol–water partition coefficient (Wildman–Crippen LogP) is 2.05. The zero-order valence-corrected chi connectivity index (χ0v) is 15.8. The molecule has 2 heterocycles. The Labute approximate surface area is 162 Å². The number of ether oxygens (including phenoxy) is 2. The molecule has 0 unspecified atom stereocenters. The quantitative estimate of drug-likeness (QED) is 0.537. The summed E-state index contributed by atoms with van der Waals surface area (Å²) >= 11 is 0. The number of benzene rings is 1. The Hall–Kier alpha value is -2.78. The largest absolute Gasteiger partial charge is 0.382 e. The Bertz CT molecular complexity index is 915. The van der Waals surface area contributed by atoms with Crippen molar-refractivity contribution < 1.29 is 14.3 Å². The van der Waals surface area contributed by atoms with Crippen LogP contribution in [-0.4, -0.2) is 64.0 Å². The highest BCUT2D eigenvalue weighted by atomic mass is 16.5. The van der Waals surface area contributed by atoms with Crippen molar-refractivity contribution in [1.82, 2.24) is 30.9 Å². The van der Waals surface area contributed by atoms with E-state index >= 15 is 0 Å². The maximum Gasteiger partial charge on any atom is 0.253 e. The van der Waals surface area contributed by atoms with Crippen LogP contribution < -0.4 is 5.32 Å². The Morgan fingerprint density at radius 1 is 1.25 bits per heavy atom. The summed E-state index contributed by atoms with van der Waals surface area (Å²) in [5.74, 6) is 0.441. The smallest absolute Gasteiger partial charge is 0.253 e. The average Bonchev–Trinajstić information content (AvgIpc) is 3.40. The van der Waals surface area contributed by atoms with Gasteiger partial charge in [0.05, 0.1) is 30.4 Å². The molecule has 3 N–H and O–H groups in total. The fourth-order valence-corrected chi connectivity index (χ4v) is 3.70. The summed E-state index contributed by atoms with van der Waals surface area (Å²) in [7, 11) is 1.67. The van der Waals surface area contributed by atoms with Crippen molar-refractivity contribution in [3.8, 4) is 11.4 Å². The van der Waals surface area contributed by atoms with Gasteiger partial charge in [-0.2, -0.15) is 0 Å². The van der Waals surface area contributed by atoms with E-state index in [0.717, 1.165) is 42.1 Å². The molecule has 0 aliphatic heterocycles. The van der Waals surface area contributed by atoms with Gasteiger partial charge >= 0.3 is 0 Å². The molecule has 1 aliphatic carbocycles. The summed E-state index contributed by atoms with van der Waals surface area (Å²) in [6.45, 7) is 1.23. The number of aromatic amines is 2. The molecule has 1 saturated carbocycles. The zero-order chi connectivity index (χ0) is 19.3. The van der Waals surface area contributed by atoms with E-state index in [1.54, 1.807) is 7.11 Å². The van der Waals surface area contributed by atoms with E-state index in [2.05, 4.69) is 30.9 Å². The number of hydrogen-bond donors (Lipinski definition) is 3. The second kappa shape index (κ2) is 8.49. The molecule has 0 radical (unpaired) electrons. The van der Waals surface area contributed by atoms with Crippen molar-refractivity contribution in [3.05, 3.63) is 30.0 Å². The normalized spacial score (nSPS) is 19.8. The third kappa shape index (κ3) is 4.05. The summed E-state index contributed by atoms with van der Waals surface area (Å²) < 4.78 is 10.8. The number of rotatable bonds is 7. The summed E-state index contributed by atoms with van der Waals surface area (Å²) in [5.41, 5.74) is 2.18. The van der Waals surface area contributed by atoms with Gasteiger partial charge in [0.1, 0.15) is 0 Å². The molecule has 1 aromatic carbocycles. The van der Waals surface area contributed by atoms with Crippen molar-refractivity contribution >= 4 is 16.8 Å². The number of tetrazole rings is 1. The van der Waals surface area contributed by atoms with E-state index in [9.17, 15) is 4.79 Å². The second-order valence-electron chi connectivity index (χ2n) is 7.03. The molecule has 0 atom stereocenters. The lowest BCUT2D eigenvalue weighted by Crippen LogP contribution is -2.39. The third-order valence-corrected chi connectivity index (χ3v) is 5.17. The van der Waals surface area contributed by atoms with E-state index in [4.69, 9.17) is 9.47 Å². The van der Waals surface area contributed by atoms with E-state index < -0.39 is 0 Å². The minimum absolute atomic E-state index is 0.0921. The van der Waals surface area contributed by atoms with Crippen LogP contribution in [-0.2, 0) is 9.47 Å². The molecule has 4 rings (SSSR count). The van der Waals surface area contributed by atoms with E-state index in [1.807, 2.05) is 24.4 Å². The standard InChI is InChI=1S/C19H24N6O3/c1-27-8-9-28-15-4-2-14(3-5-15)21-19(26)16-11-13(18-22-24-25-23-18)10-12-6-7-20-17(12)16/h6-7,10-11,14-15,20H,2-5,8-9H2,1H3,(H,21,26)(H,22,23,24,25)/t14-,15-. The number of carbonyl (C=O) groups is 1. The SMILES string of the molecule is COCCO[C@H]1CC[C@H](NC(=O)c2cc(-c3nnn[nH]3)cc3cc[nH]c23)CC1. The summed E-state index contributed by atoms with van der Waals surface area (Å²) in [6, 6.07) is 5.85. The van der Waals surface area contributed by atoms with E-state index in [1.165, 1.54) is 0 Å². The van der Waals surface area contributed by atoms with Crippen LogP contribution in [0.1, 0.15) is 36.0 Å². The minimum Gasteiger partial charge on any atom is -0.382 e. The van der Waals surface area contributed by atoms with Gasteiger partial charge in [0, 0.05) is 30.3 Å². The van der Waals surface area contributed by atoms with Gasteiger partial charge in [-0.15, -0.1) is 5.10 Å². The van der Waals surface area contributed by atoms with Crippen molar-refractivity contribution in [2.24, 2.45) is 0 Å². The lowest BCUT2D eigenvalue weighted by Gasteiger charge is -2.29. The first-order chi connectivity index (χ1) is 13.7. The zero-order valence-electron chi connectivity index (χ0n) is 15.8. The molecule has 9 nitrogen and oxygen atoms in total. The first kappa shape index (κ1) is 18.6. The van der Waals surface area contributed by atoms with Crippen LogP contribution >= 0.6 is 0 Å². The number of nitrogens with one attached hydrogen (secondary N) is 3. The first-order valence-corrected chi connectivity index (χ1v) is 9.51. The number of methoxy groups -OCH3 is 1. The van der Waals surface area contributed by atoms with Crippen molar-refractivity contribution in [1.29, 1.82) is 0 Å². The Morgan fingerprint density at radius 3 is 2.86 bits per heavy atom. The maximum absolute atomic E-state index is 13.0. The molecular formula is C19H24N6O3. The Kier molecular flexibility index (Phi) is 5.63.